The number of ether oxygens (including phenoxy) is 2. The first kappa shape index (κ1) is 20.0. The maximum absolute atomic E-state index is 12.1. The Morgan fingerprint density at radius 2 is 2.26 bits per heavy atom. The van der Waals surface area contributed by atoms with Crippen molar-refractivity contribution in [1.82, 2.24) is 5.32 Å². The molecule has 7 heteroatoms. The van der Waals surface area contributed by atoms with Gasteiger partial charge < -0.3 is 20.1 Å². The highest BCUT2D eigenvalue weighted by molar-refractivity contribution is 6.32. The molecule has 1 amide bonds. The Kier molecular flexibility index (Phi) is 9.33. The molecule has 1 unspecified atom stereocenters. The van der Waals surface area contributed by atoms with Crippen LogP contribution < -0.4 is 15.4 Å². The molecule has 0 saturated carbocycles. The third-order valence-corrected chi connectivity index (χ3v) is 4.01. The van der Waals surface area contributed by atoms with Crippen LogP contribution in [0.1, 0.15) is 19.3 Å². The van der Waals surface area contributed by atoms with E-state index < -0.39 is 0 Å². The number of anilines is 1. The monoisotopic (exact) mass is 362 g/mol. The van der Waals surface area contributed by atoms with E-state index >= 15 is 0 Å². The lowest BCUT2D eigenvalue weighted by Crippen LogP contribution is -2.16. The lowest BCUT2D eigenvalue weighted by Gasteiger charge is -2.14. The lowest BCUT2D eigenvalue weighted by atomic mass is 10.0. The molecular weight excluding hydrogens is 339 g/mol. The fourth-order valence-corrected chi connectivity index (χ4v) is 2.72. The van der Waals surface area contributed by atoms with Crippen molar-refractivity contribution in [3.63, 3.8) is 0 Å². The van der Waals surface area contributed by atoms with Gasteiger partial charge in [0.1, 0.15) is 6.61 Å². The third-order valence-electron chi connectivity index (χ3n) is 3.72. The zero-order valence-electron chi connectivity index (χ0n) is 13.3. The van der Waals surface area contributed by atoms with Crippen molar-refractivity contribution in [3.05, 3.63) is 23.2 Å². The summed E-state index contributed by atoms with van der Waals surface area (Å²) in [7, 11) is 1.61. The lowest BCUT2D eigenvalue weighted by molar-refractivity contribution is -0.116. The molecular formula is C16H24Cl2N2O3. The summed E-state index contributed by atoms with van der Waals surface area (Å²) in [5, 5.41) is 6.68. The minimum Gasteiger partial charge on any atom is -0.487 e. The second-order valence-corrected chi connectivity index (χ2v) is 5.81. The highest BCUT2D eigenvalue weighted by Gasteiger charge is 2.17. The van der Waals surface area contributed by atoms with Gasteiger partial charge in [0, 0.05) is 13.5 Å². The van der Waals surface area contributed by atoms with E-state index in [2.05, 4.69) is 10.6 Å². The zero-order chi connectivity index (χ0) is 15.8. The molecule has 0 bridgehead atoms. The molecule has 1 aliphatic rings. The molecule has 5 nitrogen and oxygen atoms in total. The summed E-state index contributed by atoms with van der Waals surface area (Å²) in [5.41, 5.74) is 0.609. The number of halogens is 2. The van der Waals surface area contributed by atoms with Gasteiger partial charge in [0.25, 0.3) is 0 Å². The van der Waals surface area contributed by atoms with Crippen LogP contribution in [0.2, 0.25) is 5.02 Å². The Balaban J connectivity index is 0.00000264. The van der Waals surface area contributed by atoms with Crippen LogP contribution in [-0.4, -0.2) is 39.3 Å². The molecule has 1 heterocycles. The minimum absolute atomic E-state index is 0. The summed E-state index contributed by atoms with van der Waals surface area (Å²) in [6.07, 6.45) is 2.56. The van der Waals surface area contributed by atoms with Crippen LogP contribution in [0.5, 0.6) is 5.75 Å². The molecule has 23 heavy (non-hydrogen) atoms. The summed E-state index contributed by atoms with van der Waals surface area (Å²) < 4.78 is 10.6. The van der Waals surface area contributed by atoms with Gasteiger partial charge in [-0.1, -0.05) is 17.7 Å². The van der Waals surface area contributed by atoms with Crippen LogP contribution in [-0.2, 0) is 9.53 Å². The van der Waals surface area contributed by atoms with Crippen molar-refractivity contribution < 1.29 is 14.3 Å². The van der Waals surface area contributed by atoms with Crippen molar-refractivity contribution >= 4 is 35.6 Å². The third kappa shape index (κ3) is 6.55. The molecule has 1 fully saturated rings. The first-order chi connectivity index (χ1) is 10.7. The minimum atomic E-state index is -0.00856. The van der Waals surface area contributed by atoms with Gasteiger partial charge in [0.05, 0.1) is 17.3 Å². The van der Waals surface area contributed by atoms with E-state index in [-0.39, 0.29) is 18.3 Å². The second-order valence-electron chi connectivity index (χ2n) is 5.40. The van der Waals surface area contributed by atoms with E-state index in [1.807, 2.05) is 0 Å². The number of carbonyl (C=O) groups excluding carboxylic acids is 1. The highest BCUT2D eigenvalue weighted by Crippen LogP contribution is 2.33. The van der Waals surface area contributed by atoms with Crippen LogP contribution in [0.15, 0.2) is 18.2 Å². The topological polar surface area (TPSA) is 59.6 Å². The van der Waals surface area contributed by atoms with Crippen molar-refractivity contribution in [2.24, 2.45) is 5.92 Å². The highest BCUT2D eigenvalue weighted by atomic mass is 35.5. The molecule has 1 aliphatic heterocycles. The van der Waals surface area contributed by atoms with E-state index in [1.165, 1.54) is 0 Å². The molecule has 2 N–H and O–H groups in total. The number of rotatable bonds is 8. The second kappa shape index (κ2) is 10.7. The maximum atomic E-state index is 12.1. The molecule has 0 radical (unpaired) electrons. The van der Waals surface area contributed by atoms with Gasteiger partial charge in [-0.05, 0) is 44.0 Å². The Bertz CT molecular complexity index is 494. The first-order valence-electron chi connectivity index (χ1n) is 7.61. The number of hydrogen-bond acceptors (Lipinski definition) is 4. The number of carbonyl (C=O) groups is 1. The van der Waals surface area contributed by atoms with Crippen LogP contribution in [0.25, 0.3) is 0 Å². The average Bonchev–Trinajstić information content (AvgIpc) is 3.01. The van der Waals surface area contributed by atoms with Crippen LogP contribution in [0.3, 0.4) is 0 Å². The molecule has 130 valence electrons. The van der Waals surface area contributed by atoms with Crippen molar-refractivity contribution in [2.45, 2.75) is 19.3 Å². The molecule has 2 rings (SSSR count). The van der Waals surface area contributed by atoms with E-state index in [0.717, 1.165) is 25.9 Å². The van der Waals surface area contributed by atoms with Gasteiger partial charge in [-0.15, -0.1) is 12.4 Å². The molecule has 1 aromatic rings. The number of para-hydroxylation sites is 1. The fraction of sp³-hybridized carbons (Fsp3) is 0.562. The van der Waals surface area contributed by atoms with Gasteiger partial charge >= 0.3 is 0 Å². The molecule has 1 aromatic carbocycles. The molecule has 0 aromatic heterocycles. The number of hydrogen-bond donors (Lipinski definition) is 2. The zero-order valence-corrected chi connectivity index (χ0v) is 14.8. The van der Waals surface area contributed by atoms with E-state index in [1.54, 1.807) is 25.3 Å². The number of methoxy groups -OCH3 is 1. The van der Waals surface area contributed by atoms with Crippen LogP contribution >= 0.6 is 24.0 Å². The van der Waals surface area contributed by atoms with Crippen molar-refractivity contribution in [1.29, 1.82) is 0 Å². The summed E-state index contributed by atoms with van der Waals surface area (Å²) >= 11 is 6.15. The van der Waals surface area contributed by atoms with Gasteiger partial charge in [-0.3, -0.25) is 4.79 Å². The summed E-state index contributed by atoms with van der Waals surface area (Å²) in [4.78, 5) is 12.1. The summed E-state index contributed by atoms with van der Waals surface area (Å²) in [6.45, 7) is 2.91. The molecule has 0 spiro atoms. The Labute approximate surface area is 148 Å². The van der Waals surface area contributed by atoms with Gasteiger partial charge in [-0.25, -0.2) is 0 Å². The number of nitrogens with one attached hydrogen (secondary N) is 2. The average molecular weight is 363 g/mol. The molecule has 1 saturated heterocycles. The van der Waals surface area contributed by atoms with Crippen LogP contribution in [0.4, 0.5) is 5.69 Å². The number of benzene rings is 1. The summed E-state index contributed by atoms with van der Waals surface area (Å²) in [6, 6.07) is 5.33. The standard InChI is InChI=1S/C16H23ClN2O3.ClH/c1-21-9-10-22-16-13(17)3-2-4-14(16)19-15(20)6-5-12-7-8-18-11-12;/h2-4,12,18H,5-11H2,1H3,(H,19,20);1H. The largest absolute Gasteiger partial charge is 0.487 e. The van der Waals surface area contributed by atoms with E-state index in [9.17, 15) is 4.79 Å². The smallest absolute Gasteiger partial charge is 0.224 e. The van der Waals surface area contributed by atoms with Crippen molar-refractivity contribution in [2.75, 3.05) is 38.7 Å². The quantitative estimate of drug-likeness (QED) is 0.697. The fourth-order valence-electron chi connectivity index (χ4n) is 2.49. The molecule has 0 aliphatic carbocycles. The Morgan fingerprint density at radius 1 is 1.43 bits per heavy atom. The van der Waals surface area contributed by atoms with Crippen molar-refractivity contribution in [3.8, 4) is 5.75 Å². The van der Waals surface area contributed by atoms with E-state index in [4.69, 9.17) is 21.1 Å². The predicted molar refractivity (Wildman–Crippen MR) is 94.9 cm³/mol. The normalized spacial score (nSPS) is 16.7. The van der Waals surface area contributed by atoms with Crippen LogP contribution in [0, 0.1) is 5.92 Å². The Morgan fingerprint density at radius 3 is 2.96 bits per heavy atom. The molecule has 1 atom stereocenters. The number of amides is 1. The summed E-state index contributed by atoms with van der Waals surface area (Å²) in [5.74, 6) is 1.09. The maximum Gasteiger partial charge on any atom is 0.224 e. The van der Waals surface area contributed by atoms with Gasteiger partial charge in [0.2, 0.25) is 5.91 Å². The first-order valence-corrected chi connectivity index (χ1v) is 7.99. The van der Waals surface area contributed by atoms with Gasteiger partial charge in [-0.2, -0.15) is 0 Å². The SMILES string of the molecule is COCCOc1c(Cl)cccc1NC(=O)CCC1CCNC1.Cl. The predicted octanol–water partition coefficient (Wildman–Crippen LogP) is 3.12. The Hall–Kier alpha value is -1.01. The van der Waals surface area contributed by atoms with Gasteiger partial charge in [0.15, 0.2) is 5.75 Å². The van der Waals surface area contributed by atoms with E-state index in [0.29, 0.717) is 42.0 Å².